The van der Waals surface area contributed by atoms with E-state index in [1.807, 2.05) is 0 Å². The maximum absolute atomic E-state index is 12.9. The quantitative estimate of drug-likeness (QED) is 0.0324. The molecule has 0 radical (unpaired) electrons. The number of esters is 3. The summed E-state index contributed by atoms with van der Waals surface area (Å²) < 4.78 is 27.7. The van der Waals surface area contributed by atoms with Crippen molar-refractivity contribution in [1.29, 1.82) is 0 Å². The van der Waals surface area contributed by atoms with Crippen LogP contribution in [0.5, 0.6) is 0 Å². The molecule has 18 nitrogen and oxygen atoms in total. The minimum atomic E-state index is -1.49. The Morgan fingerprint density at radius 1 is 0.565 bits per heavy atom. The van der Waals surface area contributed by atoms with E-state index in [0.717, 1.165) is 0 Å². The van der Waals surface area contributed by atoms with Crippen molar-refractivity contribution < 1.29 is 72.9 Å². The second-order valence-electron chi connectivity index (χ2n) is 10.1. The molecule has 0 aromatic carbocycles. The normalized spacial score (nSPS) is 20.7. The number of nitrogens with one attached hydrogen (secondary N) is 3. The molecular weight excluding hydrogens is 618 g/mol. The van der Waals surface area contributed by atoms with Crippen molar-refractivity contribution in [1.82, 2.24) is 16.0 Å². The molecule has 0 saturated carbocycles. The third-order valence-electron chi connectivity index (χ3n) is 6.46. The molecule has 264 valence electrons. The average Bonchev–Trinajstić information content (AvgIpc) is 3.01. The van der Waals surface area contributed by atoms with Crippen LogP contribution in [0.4, 0.5) is 0 Å². The molecule has 1 fully saturated rings. The highest BCUT2D eigenvalue weighted by Gasteiger charge is 2.52. The van der Waals surface area contributed by atoms with Crippen LogP contribution in [0.2, 0.25) is 0 Å². The van der Waals surface area contributed by atoms with Gasteiger partial charge in [-0.05, 0) is 19.3 Å². The summed E-state index contributed by atoms with van der Waals surface area (Å²) in [5.41, 5.74) is 0. The van der Waals surface area contributed by atoms with E-state index in [2.05, 4.69) is 16.0 Å². The summed E-state index contributed by atoms with van der Waals surface area (Å²) in [6.45, 7) is -1.36. The Bertz CT molecular complexity index is 912. The molecule has 7 N–H and O–H groups in total. The van der Waals surface area contributed by atoms with Crippen LogP contribution < -0.4 is 16.0 Å². The number of aliphatic hydroxyl groups excluding tert-OH is 4. The number of methoxy groups -OCH3 is 1. The molecule has 0 aromatic heterocycles. The van der Waals surface area contributed by atoms with E-state index < -0.39 is 72.9 Å². The lowest BCUT2D eigenvalue weighted by Crippen LogP contribution is -2.62. The minimum absolute atomic E-state index is 0.0913. The second-order valence-corrected chi connectivity index (χ2v) is 10.1. The second kappa shape index (κ2) is 23.9. The summed E-state index contributed by atoms with van der Waals surface area (Å²) in [5.74, 6) is -3.60. The number of carbonyl (C=O) groups is 6. The number of rotatable bonds is 23. The fourth-order valence-corrected chi connectivity index (χ4v) is 4.20. The van der Waals surface area contributed by atoms with Gasteiger partial charge < -0.3 is 60.1 Å². The molecule has 5 atom stereocenters. The number of hydrogen-bond acceptors (Lipinski definition) is 15. The Balaban J connectivity index is 3.02. The maximum Gasteiger partial charge on any atom is 0.306 e. The lowest BCUT2D eigenvalue weighted by Gasteiger charge is -2.43. The Morgan fingerprint density at radius 2 is 0.935 bits per heavy atom. The van der Waals surface area contributed by atoms with E-state index in [1.165, 1.54) is 7.11 Å². The highest BCUT2D eigenvalue weighted by Crippen LogP contribution is 2.30. The zero-order valence-electron chi connectivity index (χ0n) is 26.0. The van der Waals surface area contributed by atoms with E-state index in [-0.39, 0.29) is 97.2 Å². The first kappa shape index (κ1) is 40.6. The average molecular weight is 666 g/mol. The van der Waals surface area contributed by atoms with Gasteiger partial charge in [0.2, 0.25) is 17.7 Å². The Hall–Kier alpha value is -3.42. The van der Waals surface area contributed by atoms with E-state index in [4.69, 9.17) is 39.0 Å². The van der Waals surface area contributed by atoms with Gasteiger partial charge in [-0.2, -0.15) is 0 Å². The van der Waals surface area contributed by atoms with Gasteiger partial charge in [-0.3, -0.25) is 28.8 Å². The number of carbonyl (C=O) groups excluding carboxylic acids is 6. The minimum Gasteiger partial charge on any atom is -0.455 e. The van der Waals surface area contributed by atoms with Gasteiger partial charge in [0.1, 0.15) is 6.10 Å². The van der Waals surface area contributed by atoms with E-state index >= 15 is 0 Å². The van der Waals surface area contributed by atoms with Crippen LogP contribution in [0.15, 0.2) is 0 Å². The summed E-state index contributed by atoms with van der Waals surface area (Å²) in [6, 6.07) is 0. The van der Waals surface area contributed by atoms with Crippen LogP contribution in [0.3, 0.4) is 0 Å². The zero-order valence-corrected chi connectivity index (χ0v) is 26.0. The first-order chi connectivity index (χ1) is 22.1. The Labute approximate surface area is 266 Å². The van der Waals surface area contributed by atoms with Crippen molar-refractivity contribution in [3.63, 3.8) is 0 Å². The molecule has 46 heavy (non-hydrogen) atoms. The lowest BCUT2D eigenvalue weighted by atomic mass is 9.98. The molecule has 1 rings (SSSR count). The van der Waals surface area contributed by atoms with Gasteiger partial charge in [0.05, 0.1) is 26.4 Å². The SMILES string of the molecule is CO[C@H]1O[C@H](CO)[C@@H](OC(=O)CCCNC(=O)CCO)[C@H](OC(=O)CCCNC(=O)CCO)[C@@H]1OC(=O)CCCNC(=O)CCO. The summed E-state index contributed by atoms with van der Waals surface area (Å²) in [6.07, 6.45) is -7.39. The Kier molecular flexibility index (Phi) is 21.1. The van der Waals surface area contributed by atoms with Crippen molar-refractivity contribution in [2.45, 2.75) is 88.5 Å². The molecule has 0 unspecified atom stereocenters. The summed E-state index contributed by atoms with van der Waals surface area (Å²) in [5, 5.41) is 44.1. The molecule has 0 aliphatic carbocycles. The monoisotopic (exact) mass is 665 g/mol. The van der Waals surface area contributed by atoms with Crippen molar-refractivity contribution in [2.24, 2.45) is 0 Å². The van der Waals surface area contributed by atoms with Crippen molar-refractivity contribution in [2.75, 3.05) is 53.2 Å². The van der Waals surface area contributed by atoms with Gasteiger partial charge in [-0.25, -0.2) is 0 Å². The third-order valence-corrected chi connectivity index (χ3v) is 6.46. The molecule has 1 aliphatic heterocycles. The smallest absolute Gasteiger partial charge is 0.306 e. The Morgan fingerprint density at radius 3 is 1.28 bits per heavy atom. The first-order valence-corrected chi connectivity index (χ1v) is 15.1. The molecule has 1 aliphatic rings. The van der Waals surface area contributed by atoms with Gasteiger partial charge in [0, 0.05) is 65.3 Å². The highest BCUT2D eigenvalue weighted by molar-refractivity contribution is 5.77. The van der Waals surface area contributed by atoms with Crippen LogP contribution in [0.1, 0.15) is 57.8 Å². The number of hydrogen-bond donors (Lipinski definition) is 7. The molecule has 0 spiro atoms. The fraction of sp³-hybridized carbons (Fsp3) is 0.786. The van der Waals surface area contributed by atoms with Gasteiger partial charge in [-0.1, -0.05) is 0 Å². The molecule has 0 aromatic rings. The zero-order chi connectivity index (χ0) is 34.3. The van der Waals surface area contributed by atoms with E-state index in [0.29, 0.717) is 0 Å². The summed E-state index contributed by atoms with van der Waals surface area (Å²) in [4.78, 5) is 73.0. The molecule has 0 bridgehead atoms. The third kappa shape index (κ3) is 16.2. The fourth-order valence-electron chi connectivity index (χ4n) is 4.20. The summed E-state index contributed by atoms with van der Waals surface area (Å²) in [7, 11) is 1.22. The molecule has 3 amide bonds. The molecular formula is C28H47N3O15. The van der Waals surface area contributed by atoms with Crippen LogP contribution >= 0.6 is 0 Å². The molecule has 1 saturated heterocycles. The summed E-state index contributed by atoms with van der Waals surface area (Å²) >= 11 is 0. The topological polar surface area (TPSA) is 266 Å². The van der Waals surface area contributed by atoms with E-state index in [9.17, 15) is 33.9 Å². The predicted molar refractivity (Wildman–Crippen MR) is 154 cm³/mol. The molecule has 1 heterocycles. The van der Waals surface area contributed by atoms with E-state index in [1.54, 1.807) is 0 Å². The van der Waals surface area contributed by atoms with Crippen molar-refractivity contribution in [3.05, 3.63) is 0 Å². The van der Waals surface area contributed by atoms with Crippen LogP contribution in [-0.4, -0.2) is 140 Å². The number of aliphatic hydroxyl groups is 4. The largest absolute Gasteiger partial charge is 0.455 e. The van der Waals surface area contributed by atoms with Gasteiger partial charge in [-0.15, -0.1) is 0 Å². The number of ether oxygens (including phenoxy) is 5. The van der Waals surface area contributed by atoms with Crippen molar-refractivity contribution >= 4 is 35.6 Å². The van der Waals surface area contributed by atoms with Crippen molar-refractivity contribution in [3.8, 4) is 0 Å². The van der Waals surface area contributed by atoms with Crippen LogP contribution in [0, 0.1) is 0 Å². The first-order valence-electron chi connectivity index (χ1n) is 15.1. The predicted octanol–water partition coefficient (Wildman–Crippen LogP) is -3.08. The van der Waals surface area contributed by atoms with Gasteiger partial charge in [0.25, 0.3) is 0 Å². The van der Waals surface area contributed by atoms with Crippen LogP contribution in [0.25, 0.3) is 0 Å². The van der Waals surface area contributed by atoms with Crippen LogP contribution in [-0.2, 0) is 52.5 Å². The number of amides is 3. The highest BCUT2D eigenvalue weighted by atomic mass is 16.7. The van der Waals surface area contributed by atoms with Gasteiger partial charge in [0.15, 0.2) is 24.6 Å². The van der Waals surface area contributed by atoms with Gasteiger partial charge >= 0.3 is 17.9 Å². The standard InChI is InChI=1S/C28H47N3O15/c1-42-28-27(46-24(41)7-4-13-31-21(38)10-16-34)26(45-23(40)6-3-12-30-20(37)9-15-33)25(18(17-35)43-28)44-22(39)5-2-11-29-19(36)8-14-32/h18,25-28,32-35H,2-17H2,1H3,(H,29,36)(H,30,37)(H,31,38)/t18-,25-,26+,27+,28+/m1/s1. The lowest BCUT2D eigenvalue weighted by molar-refractivity contribution is -0.302. The maximum atomic E-state index is 12.9. The molecule has 18 heteroatoms.